The first kappa shape index (κ1) is 11.0. The molecule has 0 saturated heterocycles. The fraction of sp³-hybridized carbons (Fsp3) is 0.583. The van der Waals surface area contributed by atoms with Crippen molar-refractivity contribution >= 4 is 5.97 Å². The first-order chi connectivity index (χ1) is 7.72. The summed E-state index contributed by atoms with van der Waals surface area (Å²) in [6.45, 7) is 3.98. The van der Waals surface area contributed by atoms with Crippen LogP contribution in [0.1, 0.15) is 47.3 Å². The number of aromatic nitrogens is 2. The van der Waals surface area contributed by atoms with Gasteiger partial charge in [-0.3, -0.25) is 4.98 Å². The van der Waals surface area contributed by atoms with Gasteiger partial charge in [0.2, 0.25) is 0 Å². The Balaban J connectivity index is 2.35. The summed E-state index contributed by atoms with van der Waals surface area (Å²) in [6.07, 6.45) is 4.20. The van der Waals surface area contributed by atoms with E-state index in [-0.39, 0.29) is 5.97 Å². The van der Waals surface area contributed by atoms with Gasteiger partial charge in [-0.05, 0) is 39.5 Å². The zero-order chi connectivity index (χ0) is 11.5. The van der Waals surface area contributed by atoms with E-state index in [2.05, 4.69) is 9.97 Å². The number of aryl methyl sites for hydroxylation is 3. The van der Waals surface area contributed by atoms with Gasteiger partial charge in [-0.25, -0.2) is 9.78 Å². The fourth-order valence-electron chi connectivity index (χ4n) is 1.98. The molecule has 0 N–H and O–H groups in total. The molecule has 4 nitrogen and oxygen atoms in total. The molecule has 0 fully saturated rings. The number of nitrogens with zero attached hydrogens (tertiary/aromatic N) is 2. The van der Waals surface area contributed by atoms with Crippen LogP contribution in [-0.2, 0) is 17.6 Å². The van der Waals surface area contributed by atoms with Crippen LogP contribution in [0.25, 0.3) is 0 Å². The Morgan fingerprint density at radius 3 is 2.50 bits per heavy atom. The van der Waals surface area contributed by atoms with Crippen LogP contribution in [0.5, 0.6) is 0 Å². The van der Waals surface area contributed by atoms with Gasteiger partial charge in [0, 0.05) is 0 Å². The van der Waals surface area contributed by atoms with E-state index < -0.39 is 0 Å². The third kappa shape index (κ3) is 2.05. The SMILES string of the molecule is CCOC(=O)c1nc2c(nc1C)CCCC2. The van der Waals surface area contributed by atoms with Crippen molar-refractivity contribution < 1.29 is 9.53 Å². The van der Waals surface area contributed by atoms with E-state index in [1.165, 1.54) is 6.42 Å². The molecule has 1 heterocycles. The summed E-state index contributed by atoms with van der Waals surface area (Å²) in [7, 11) is 0. The monoisotopic (exact) mass is 220 g/mol. The molecule has 0 amide bonds. The summed E-state index contributed by atoms with van der Waals surface area (Å²) in [5.41, 5.74) is 3.08. The molecule has 0 aliphatic heterocycles. The Labute approximate surface area is 95.1 Å². The Morgan fingerprint density at radius 1 is 1.25 bits per heavy atom. The van der Waals surface area contributed by atoms with E-state index in [1.807, 2.05) is 6.92 Å². The van der Waals surface area contributed by atoms with E-state index in [9.17, 15) is 4.79 Å². The highest BCUT2D eigenvalue weighted by Gasteiger charge is 2.19. The van der Waals surface area contributed by atoms with E-state index in [1.54, 1.807) is 6.92 Å². The Hall–Kier alpha value is -1.45. The molecular weight excluding hydrogens is 204 g/mol. The van der Waals surface area contributed by atoms with E-state index >= 15 is 0 Å². The summed E-state index contributed by atoms with van der Waals surface area (Å²) < 4.78 is 4.96. The minimum atomic E-state index is -0.360. The van der Waals surface area contributed by atoms with Crippen molar-refractivity contribution in [3.63, 3.8) is 0 Å². The second-order valence-electron chi connectivity index (χ2n) is 3.98. The standard InChI is InChI=1S/C12H16N2O2/c1-3-16-12(15)11-8(2)13-9-6-4-5-7-10(9)14-11/h3-7H2,1-2H3. The molecule has 2 rings (SSSR count). The van der Waals surface area contributed by atoms with Crippen LogP contribution in [0.2, 0.25) is 0 Å². The van der Waals surface area contributed by atoms with Crippen molar-refractivity contribution in [3.05, 3.63) is 22.8 Å². The third-order valence-electron chi connectivity index (χ3n) is 2.77. The number of esters is 1. The molecule has 86 valence electrons. The van der Waals surface area contributed by atoms with Gasteiger partial charge in [-0.2, -0.15) is 0 Å². The van der Waals surface area contributed by atoms with Crippen molar-refractivity contribution in [2.24, 2.45) is 0 Å². The second-order valence-corrected chi connectivity index (χ2v) is 3.98. The van der Waals surface area contributed by atoms with Gasteiger partial charge in [0.15, 0.2) is 5.69 Å². The minimum Gasteiger partial charge on any atom is -0.461 e. The Bertz CT molecular complexity index is 416. The zero-order valence-corrected chi connectivity index (χ0v) is 9.75. The van der Waals surface area contributed by atoms with Gasteiger partial charge in [-0.15, -0.1) is 0 Å². The molecule has 1 aliphatic rings. The van der Waals surface area contributed by atoms with Crippen LogP contribution >= 0.6 is 0 Å². The van der Waals surface area contributed by atoms with Crippen LogP contribution in [0.4, 0.5) is 0 Å². The zero-order valence-electron chi connectivity index (χ0n) is 9.75. The molecule has 0 unspecified atom stereocenters. The summed E-state index contributed by atoms with van der Waals surface area (Å²) in [5.74, 6) is -0.360. The molecule has 0 saturated carbocycles. The lowest BCUT2D eigenvalue weighted by Gasteiger charge is -2.15. The van der Waals surface area contributed by atoms with Gasteiger partial charge in [0.1, 0.15) is 0 Å². The van der Waals surface area contributed by atoms with Crippen molar-refractivity contribution in [1.29, 1.82) is 0 Å². The highest BCUT2D eigenvalue weighted by Crippen LogP contribution is 2.19. The lowest BCUT2D eigenvalue weighted by atomic mass is 10.00. The Kier molecular flexibility index (Phi) is 3.17. The molecule has 1 aromatic rings. The lowest BCUT2D eigenvalue weighted by molar-refractivity contribution is 0.0517. The molecular formula is C12H16N2O2. The average Bonchev–Trinajstić information content (AvgIpc) is 2.28. The number of fused-ring (bicyclic) bond motifs is 1. The fourth-order valence-corrected chi connectivity index (χ4v) is 1.98. The molecule has 0 radical (unpaired) electrons. The predicted octanol–water partition coefficient (Wildman–Crippen LogP) is 1.84. The van der Waals surface area contributed by atoms with Crippen molar-refractivity contribution in [3.8, 4) is 0 Å². The summed E-state index contributed by atoms with van der Waals surface area (Å²) in [6, 6.07) is 0. The first-order valence-electron chi connectivity index (χ1n) is 5.76. The normalized spacial score (nSPS) is 14.4. The maximum Gasteiger partial charge on any atom is 0.358 e. The highest BCUT2D eigenvalue weighted by atomic mass is 16.5. The number of hydrogen-bond acceptors (Lipinski definition) is 4. The molecule has 1 aromatic heterocycles. The van der Waals surface area contributed by atoms with Crippen LogP contribution in [0, 0.1) is 6.92 Å². The average molecular weight is 220 g/mol. The van der Waals surface area contributed by atoms with Crippen molar-refractivity contribution in [2.45, 2.75) is 39.5 Å². The molecule has 0 aromatic carbocycles. The van der Waals surface area contributed by atoms with Gasteiger partial charge < -0.3 is 4.74 Å². The first-order valence-corrected chi connectivity index (χ1v) is 5.76. The smallest absolute Gasteiger partial charge is 0.358 e. The van der Waals surface area contributed by atoms with Crippen LogP contribution in [0.3, 0.4) is 0 Å². The van der Waals surface area contributed by atoms with Crippen molar-refractivity contribution in [1.82, 2.24) is 9.97 Å². The summed E-state index contributed by atoms with van der Waals surface area (Å²) >= 11 is 0. The number of rotatable bonds is 2. The minimum absolute atomic E-state index is 0.360. The molecule has 4 heteroatoms. The van der Waals surface area contributed by atoms with Gasteiger partial charge in [0.05, 0.1) is 23.7 Å². The van der Waals surface area contributed by atoms with Crippen molar-refractivity contribution in [2.75, 3.05) is 6.61 Å². The maximum absolute atomic E-state index is 11.6. The maximum atomic E-state index is 11.6. The van der Waals surface area contributed by atoms with E-state index in [4.69, 9.17) is 4.74 Å². The summed E-state index contributed by atoms with van der Waals surface area (Å²) in [5, 5.41) is 0. The van der Waals surface area contributed by atoms with E-state index in [0.717, 1.165) is 30.7 Å². The van der Waals surface area contributed by atoms with Gasteiger partial charge >= 0.3 is 5.97 Å². The second kappa shape index (κ2) is 4.60. The quantitative estimate of drug-likeness (QED) is 0.714. The Morgan fingerprint density at radius 2 is 1.88 bits per heavy atom. The van der Waals surface area contributed by atoms with Crippen LogP contribution in [0.15, 0.2) is 0 Å². The highest BCUT2D eigenvalue weighted by molar-refractivity contribution is 5.88. The topological polar surface area (TPSA) is 52.1 Å². The molecule has 1 aliphatic carbocycles. The van der Waals surface area contributed by atoms with Crippen LogP contribution < -0.4 is 0 Å². The lowest BCUT2D eigenvalue weighted by Crippen LogP contribution is -2.16. The third-order valence-corrected chi connectivity index (χ3v) is 2.77. The molecule has 0 atom stereocenters. The summed E-state index contributed by atoms with van der Waals surface area (Å²) in [4.78, 5) is 20.5. The van der Waals surface area contributed by atoms with Gasteiger partial charge in [-0.1, -0.05) is 0 Å². The number of ether oxygens (including phenoxy) is 1. The van der Waals surface area contributed by atoms with Gasteiger partial charge in [0.25, 0.3) is 0 Å². The number of carbonyl (C=O) groups excluding carboxylic acids is 1. The molecule has 0 bridgehead atoms. The molecule has 16 heavy (non-hydrogen) atoms. The van der Waals surface area contributed by atoms with E-state index in [0.29, 0.717) is 18.0 Å². The number of carbonyl (C=O) groups is 1. The number of hydrogen-bond donors (Lipinski definition) is 0. The van der Waals surface area contributed by atoms with Crippen LogP contribution in [-0.4, -0.2) is 22.5 Å². The molecule has 0 spiro atoms. The predicted molar refractivity (Wildman–Crippen MR) is 59.4 cm³/mol. The largest absolute Gasteiger partial charge is 0.461 e.